The van der Waals surface area contributed by atoms with Crippen LogP contribution in [0.3, 0.4) is 0 Å². The van der Waals surface area contributed by atoms with Crippen LogP contribution in [0.1, 0.15) is 26.5 Å². The predicted octanol–water partition coefficient (Wildman–Crippen LogP) is 2.86. The molecule has 0 aliphatic carbocycles. The molecule has 0 saturated carbocycles. The molecule has 0 atom stereocenters. The van der Waals surface area contributed by atoms with Crippen LogP contribution in [0.4, 0.5) is 13.2 Å². The lowest BCUT2D eigenvalue weighted by molar-refractivity contribution is -0.143. The van der Waals surface area contributed by atoms with Crippen molar-refractivity contribution in [1.29, 1.82) is 0 Å². The number of aromatic nitrogens is 4. The highest BCUT2D eigenvalue weighted by atomic mass is 35.5. The number of aromatic amines is 1. The first kappa shape index (κ1) is 22.0. The fourth-order valence-electron chi connectivity index (χ4n) is 3.09. The fourth-order valence-corrected chi connectivity index (χ4v) is 3.22. The quantitative estimate of drug-likeness (QED) is 0.392. The van der Waals surface area contributed by atoms with Gasteiger partial charge in [0.15, 0.2) is 11.4 Å². The topological polar surface area (TPSA) is 122 Å². The molecular formula is C20H12ClF3N6O3. The first-order chi connectivity index (χ1) is 15.7. The molecule has 168 valence electrons. The number of carbonyl (C=O) groups excluding carboxylic acids is 2. The molecule has 4 rings (SSSR count). The Balaban J connectivity index is 1.61. The molecule has 4 aromatic rings. The summed E-state index contributed by atoms with van der Waals surface area (Å²) in [5.41, 5.74) is 1.01. The summed E-state index contributed by atoms with van der Waals surface area (Å²) < 4.78 is 41.8. The smallest absolute Gasteiger partial charge is 0.267 e. The Morgan fingerprint density at radius 3 is 2.27 bits per heavy atom. The normalized spacial score (nSPS) is 11.4. The van der Waals surface area contributed by atoms with E-state index >= 15 is 0 Å². The van der Waals surface area contributed by atoms with Crippen LogP contribution in [0.2, 0.25) is 5.02 Å². The van der Waals surface area contributed by atoms with Gasteiger partial charge in [-0.2, -0.15) is 23.4 Å². The molecule has 3 N–H and O–H groups in total. The lowest BCUT2D eigenvalue weighted by Gasteiger charge is -2.13. The number of H-pyrrole nitrogens is 1. The van der Waals surface area contributed by atoms with Crippen LogP contribution in [0.15, 0.2) is 59.5 Å². The van der Waals surface area contributed by atoms with Gasteiger partial charge in [-0.05, 0) is 30.3 Å². The molecule has 0 fully saturated rings. The van der Waals surface area contributed by atoms with E-state index in [1.807, 2.05) is 10.9 Å². The summed E-state index contributed by atoms with van der Waals surface area (Å²) in [7, 11) is 0. The lowest BCUT2D eigenvalue weighted by atomic mass is 10.1. The third-order valence-electron chi connectivity index (χ3n) is 4.55. The molecule has 0 radical (unpaired) electrons. The van der Waals surface area contributed by atoms with Gasteiger partial charge in [0.25, 0.3) is 17.4 Å². The van der Waals surface area contributed by atoms with E-state index < -0.39 is 34.8 Å². The highest BCUT2D eigenvalue weighted by Crippen LogP contribution is 2.33. The van der Waals surface area contributed by atoms with Gasteiger partial charge in [-0.1, -0.05) is 29.8 Å². The van der Waals surface area contributed by atoms with Crippen molar-refractivity contribution < 1.29 is 22.8 Å². The Morgan fingerprint density at radius 2 is 1.61 bits per heavy atom. The first-order valence-electron chi connectivity index (χ1n) is 9.16. The summed E-state index contributed by atoms with van der Waals surface area (Å²) in [6, 6.07) is 11.4. The van der Waals surface area contributed by atoms with E-state index in [-0.39, 0.29) is 22.2 Å². The minimum absolute atomic E-state index is 0.0266. The highest BCUT2D eigenvalue weighted by Gasteiger charge is 2.40. The summed E-state index contributed by atoms with van der Waals surface area (Å²) in [5, 5.41) is 10.1. The molecule has 2 amide bonds. The Kier molecular flexibility index (Phi) is 5.60. The summed E-state index contributed by atoms with van der Waals surface area (Å²) in [4.78, 5) is 36.8. The molecule has 0 bridgehead atoms. The minimum Gasteiger partial charge on any atom is -0.267 e. The number of benzene rings is 2. The van der Waals surface area contributed by atoms with Crippen LogP contribution in [0.5, 0.6) is 0 Å². The number of carbonyl (C=O) groups is 2. The van der Waals surface area contributed by atoms with Crippen LogP contribution in [-0.4, -0.2) is 31.8 Å². The van der Waals surface area contributed by atoms with Crippen LogP contribution >= 0.6 is 11.6 Å². The van der Waals surface area contributed by atoms with Crippen molar-refractivity contribution in [3.8, 4) is 5.69 Å². The van der Waals surface area contributed by atoms with Gasteiger partial charge in [-0.3, -0.25) is 25.2 Å². The second kappa shape index (κ2) is 8.39. The van der Waals surface area contributed by atoms with Crippen molar-refractivity contribution in [1.82, 2.24) is 30.8 Å². The number of fused-ring (bicyclic) bond motifs is 1. The average Bonchev–Trinajstić information content (AvgIpc) is 3.24. The van der Waals surface area contributed by atoms with Gasteiger partial charge in [-0.15, -0.1) is 0 Å². The monoisotopic (exact) mass is 476 g/mol. The zero-order valence-electron chi connectivity index (χ0n) is 16.3. The van der Waals surface area contributed by atoms with Crippen molar-refractivity contribution in [3.05, 3.63) is 87.1 Å². The molecule has 2 heterocycles. The van der Waals surface area contributed by atoms with Crippen LogP contribution in [0.25, 0.3) is 16.5 Å². The van der Waals surface area contributed by atoms with Crippen LogP contribution in [0, 0.1) is 0 Å². The molecule has 2 aromatic carbocycles. The van der Waals surface area contributed by atoms with Gasteiger partial charge >= 0.3 is 6.18 Å². The zero-order valence-corrected chi connectivity index (χ0v) is 17.0. The number of nitrogens with zero attached hydrogens (tertiary/aromatic N) is 3. The number of hydrogen-bond acceptors (Lipinski definition) is 5. The maximum Gasteiger partial charge on any atom is 0.434 e. The van der Waals surface area contributed by atoms with Gasteiger partial charge < -0.3 is 0 Å². The third kappa shape index (κ3) is 4.28. The Hall–Kier alpha value is -4.19. The lowest BCUT2D eigenvalue weighted by Crippen LogP contribution is -2.42. The van der Waals surface area contributed by atoms with Crippen molar-refractivity contribution in [2.75, 3.05) is 0 Å². The molecule has 0 unspecified atom stereocenters. The SMILES string of the molecule is O=C(NNC(=O)c1n[nH]c(=O)c2ccccc12)c1cnn(-c2ccc(Cl)cc2)c1C(F)(F)F. The summed E-state index contributed by atoms with van der Waals surface area (Å²) in [6.07, 6.45) is -4.21. The molecule has 9 nitrogen and oxygen atoms in total. The van der Waals surface area contributed by atoms with Crippen LogP contribution < -0.4 is 16.4 Å². The number of alkyl halides is 3. The molecule has 0 spiro atoms. The number of amides is 2. The van der Waals surface area contributed by atoms with Gasteiger partial charge in [0.1, 0.15) is 0 Å². The van der Waals surface area contributed by atoms with E-state index in [0.717, 1.165) is 6.20 Å². The number of nitrogens with one attached hydrogen (secondary N) is 3. The van der Waals surface area contributed by atoms with Crippen LogP contribution in [-0.2, 0) is 6.18 Å². The van der Waals surface area contributed by atoms with E-state index in [1.165, 1.54) is 36.4 Å². The van der Waals surface area contributed by atoms with E-state index in [1.54, 1.807) is 12.1 Å². The minimum atomic E-state index is -4.94. The summed E-state index contributed by atoms with van der Waals surface area (Å²) in [6.45, 7) is 0. The maximum atomic E-state index is 13.7. The highest BCUT2D eigenvalue weighted by molar-refractivity contribution is 6.30. The molecule has 0 aliphatic rings. The largest absolute Gasteiger partial charge is 0.434 e. The molecular weight excluding hydrogens is 465 g/mol. The third-order valence-corrected chi connectivity index (χ3v) is 4.81. The second-order valence-electron chi connectivity index (χ2n) is 6.65. The van der Waals surface area contributed by atoms with Crippen molar-refractivity contribution in [2.24, 2.45) is 0 Å². The van der Waals surface area contributed by atoms with Gasteiger partial charge in [-0.25, -0.2) is 9.78 Å². The Morgan fingerprint density at radius 1 is 0.970 bits per heavy atom. The number of halogens is 4. The molecule has 33 heavy (non-hydrogen) atoms. The van der Waals surface area contributed by atoms with E-state index in [0.29, 0.717) is 9.70 Å². The van der Waals surface area contributed by atoms with Gasteiger partial charge in [0.05, 0.1) is 22.8 Å². The second-order valence-corrected chi connectivity index (χ2v) is 7.08. The number of hydrogen-bond donors (Lipinski definition) is 3. The maximum absolute atomic E-state index is 13.7. The zero-order chi connectivity index (χ0) is 23.8. The molecule has 13 heteroatoms. The van der Waals surface area contributed by atoms with Crippen molar-refractivity contribution in [3.63, 3.8) is 0 Å². The summed E-state index contributed by atoms with van der Waals surface area (Å²) in [5.74, 6) is -2.21. The number of rotatable bonds is 3. The van der Waals surface area contributed by atoms with E-state index in [4.69, 9.17) is 11.6 Å². The number of hydrazine groups is 1. The first-order valence-corrected chi connectivity index (χ1v) is 9.54. The van der Waals surface area contributed by atoms with Gasteiger partial charge in [0, 0.05) is 10.4 Å². The summed E-state index contributed by atoms with van der Waals surface area (Å²) >= 11 is 5.77. The molecule has 2 aromatic heterocycles. The Labute approximate surface area is 187 Å². The van der Waals surface area contributed by atoms with Crippen molar-refractivity contribution in [2.45, 2.75) is 6.18 Å². The standard InChI is InChI=1S/C20H12ClF3N6O3/c21-10-5-7-11(8-6-10)30-16(20(22,23)24)14(9-25-30)18(32)28-29-19(33)15-12-3-1-2-4-13(12)17(31)27-26-15/h1-9H,(H,27,31)(H,28,32)(H,29,33). The average molecular weight is 477 g/mol. The molecule has 0 aliphatic heterocycles. The van der Waals surface area contributed by atoms with Gasteiger partial charge in [0.2, 0.25) is 0 Å². The van der Waals surface area contributed by atoms with E-state index in [9.17, 15) is 27.6 Å². The molecule has 0 saturated heterocycles. The van der Waals surface area contributed by atoms with E-state index in [2.05, 4.69) is 15.3 Å². The predicted molar refractivity (Wildman–Crippen MR) is 111 cm³/mol. The fraction of sp³-hybridized carbons (Fsp3) is 0.0500. The van der Waals surface area contributed by atoms with Crippen molar-refractivity contribution >= 4 is 34.2 Å². The Bertz CT molecular complexity index is 1430.